The molecular formula is C12H13ClN4O2. The van der Waals surface area contributed by atoms with E-state index in [-0.39, 0.29) is 10.6 Å². The molecule has 0 aliphatic rings. The Morgan fingerprint density at radius 2 is 2.32 bits per heavy atom. The summed E-state index contributed by atoms with van der Waals surface area (Å²) in [7, 11) is 0. The van der Waals surface area contributed by atoms with Gasteiger partial charge in [-0.1, -0.05) is 11.6 Å². The number of nitrogens with zero attached hydrogens (tertiary/aromatic N) is 3. The van der Waals surface area contributed by atoms with Crippen molar-refractivity contribution in [3.63, 3.8) is 0 Å². The lowest BCUT2D eigenvalue weighted by Gasteiger charge is -2.06. The number of aromatic carboxylic acids is 1. The Balaban J connectivity index is 2.07. The largest absolute Gasteiger partial charge is 0.478 e. The average molecular weight is 281 g/mol. The highest BCUT2D eigenvalue weighted by molar-refractivity contribution is 6.33. The lowest BCUT2D eigenvalue weighted by Crippen LogP contribution is -2.04. The number of aromatic nitrogens is 3. The predicted molar refractivity (Wildman–Crippen MR) is 71.4 cm³/mol. The van der Waals surface area contributed by atoms with E-state index in [1.54, 1.807) is 23.1 Å². The van der Waals surface area contributed by atoms with Crippen molar-refractivity contribution < 1.29 is 9.90 Å². The molecule has 1 heterocycles. The molecule has 7 heteroatoms. The normalized spacial score (nSPS) is 10.4. The number of carbonyl (C=O) groups is 1. The van der Waals surface area contributed by atoms with Crippen molar-refractivity contribution >= 4 is 23.3 Å². The Kier molecular flexibility index (Phi) is 4.01. The number of hydrogen-bond acceptors (Lipinski definition) is 4. The second-order valence-electron chi connectivity index (χ2n) is 3.88. The topological polar surface area (TPSA) is 80.0 Å². The summed E-state index contributed by atoms with van der Waals surface area (Å²) in [5.74, 6) is -1.05. The standard InChI is InChI=1S/C12H13ClN4O2/c1-2-17-15-7-9(16-17)6-14-8-3-4-11(13)10(5-8)12(18)19/h3-5,7,14H,2,6H2,1H3,(H,18,19). The molecular weight excluding hydrogens is 268 g/mol. The van der Waals surface area contributed by atoms with Crippen LogP contribution in [0.4, 0.5) is 5.69 Å². The van der Waals surface area contributed by atoms with E-state index in [0.29, 0.717) is 18.8 Å². The van der Waals surface area contributed by atoms with Gasteiger partial charge in [0.2, 0.25) is 0 Å². The van der Waals surface area contributed by atoms with Crippen LogP contribution in [0.15, 0.2) is 24.4 Å². The number of hydrogen-bond donors (Lipinski definition) is 2. The quantitative estimate of drug-likeness (QED) is 0.878. The fourth-order valence-electron chi connectivity index (χ4n) is 1.56. The summed E-state index contributed by atoms with van der Waals surface area (Å²) in [6.07, 6.45) is 1.67. The molecule has 1 aromatic carbocycles. The highest BCUT2D eigenvalue weighted by atomic mass is 35.5. The molecule has 0 saturated heterocycles. The molecule has 0 atom stereocenters. The fraction of sp³-hybridized carbons (Fsp3) is 0.250. The summed E-state index contributed by atoms with van der Waals surface area (Å²) in [6.45, 7) is 3.14. The molecule has 0 unspecified atom stereocenters. The molecule has 6 nitrogen and oxygen atoms in total. The number of carboxylic acids is 1. The third kappa shape index (κ3) is 3.23. The molecule has 0 amide bonds. The lowest BCUT2D eigenvalue weighted by molar-refractivity contribution is 0.0697. The molecule has 0 bridgehead atoms. The molecule has 2 rings (SSSR count). The van der Waals surface area contributed by atoms with E-state index in [2.05, 4.69) is 15.5 Å². The van der Waals surface area contributed by atoms with Gasteiger partial charge in [0.05, 0.1) is 29.9 Å². The second-order valence-corrected chi connectivity index (χ2v) is 4.28. The zero-order chi connectivity index (χ0) is 13.8. The molecule has 0 saturated carbocycles. The van der Waals surface area contributed by atoms with Crippen LogP contribution >= 0.6 is 11.6 Å². The number of aryl methyl sites for hydroxylation is 1. The number of rotatable bonds is 5. The van der Waals surface area contributed by atoms with Crippen LogP contribution in [0.25, 0.3) is 0 Å². The van der Waals surface area contributed by atoms with Gasteiger partial charge in [0.25, 0.3) is 0 Å². The van der Waals surface area contributed by atoms with Crippen molar-refractivity contribution in [1.82, 2.24) is 15.0 Å². The summed E-state index contributed by atoms with van der Waals surface area (Å²) in [6, 6.07) is 4.77. The van der Waals surface area contributed by atoms with Crippen LogP contribution in [0.1, 0.15) is 23.0 Å². The van der Waals surface area contributed by atoms with Gasteiger partial charge < -0.3 is 10.4 Å². The van der Waals surface area contributed by atoms with E-state index in [9.17, 15) is 4.79 Å². The molecule has 0 aliphatic heterocycles. The van der Waals surface area contributed by atoms with E-state index in [4.69, 9.17) is 16.7 Å². The number of benzene rings is 1. The summed E-state index contributed by atoms with van der Waals surface area (Å²) in [5.41, 5.74) is 1.53. The minimum Gasteiger partial charge on any atom is -0.478 e. The van der Waals surface area contributed by atoms with Crippen LogP contribution < -0.4 is 5.32 Å². The molecule has 0 spiro atoms. The van der Waals surface area contributed by atoms with Gasteiger partial charge in [-0.15, -0.1) is 0 Å². The van der Waals surface area contributed by atoms with Crippen LogP contribution in [0.5, 0.6) is 0 Å². The average Bonchev–Trinajstić information content (AvgIpc) is 2.85. The van der Waals surface area contributed by atoms with Gasteiger partial charge in [0.1, 0.15) is 5.69 Å². The van der Waals surface area contributed by atoms with Gasteiger partial charge in [0.15, 0.2) is 0 Å². The zero-order valence-electron chi connectivity index (χ0n) is 10.3. The molecule has 19 heavy (non-hydrogen) atoms. The van der Waals surface area contributed by atoms with Crippen LogP contribution in [0.3, 0.4) is 0 Å². The fourth-order valence-corrected chi connectivity index (χ4v) is 1.76. The minimum absolute atomic E-state index is 0.0730. The SMILES string of the molecule is CCn1ncc(CNc2ccc(Cl)c(C(=O)O)c2)n1. The van der Waals surface area contributed by atoms with E-state index >= 15 is 0 Å². The third-order valence-electron chi connectivity index (χ3n) is 2.54. The Morgan fingerprint density at radius 1 is 1.53 bits per heavy atom. The lowest BCUT2D eigenvalue weighted by atomic mass is 10.2. The van der Waals surface area contributed by atoms with Gasteiger partial charge in [-0.05, 0) is 25.1 Å². The first-order valence-corrected chi connectivity index (χ1v) is 6.13. The van der Waals surface area contributed by atoms with Crippen molar-refractivity contribution in [2.45, 2.75) is 20.0 Å². The Bertz CT molecular complexity index is 597. The van der Waals surface area contributed by atoms with Crippen molar-refractivity contribution in [3.8, 4) is 0 Å². The van der Waals surface area contributed by atoms with Gasteiger partial charge in [-0.3, -0.25) is 0 Å². The number of carboxylic acid groups (broad SMARTS) is 1. The smallest absolute Gasteiger partial charge is 0.337 e. The van der Waals surface area contributed by atoms with Crippen molar-refractivity contribution in [1.29, 1.82) is 0 Å². The number of halogens is 1. The summed E-state index contributed by atoms with van der Waals surface area (Å²) >= 11 is 5.80. The molecule has 0 radical (unpaired) electrons. The van der Waals surface area contributed by atoms with E-state index in [1.165, 1.54) is 6.07 Å². The van der Waals surface area contributed by atoms with Gasteiger partial charge >= 0.3 is 5.97 Å². The van der Waals surface area contributed by atoms with E-state index < -0.39 is 5.97 Å². The maximum Gasteiger partial charge on any atom is 0.337 e. The summed E-state index contributed by atoms with van der Waals surface area (Å²) in [4.78, 5) is 12.5. The predicted octanol–water partition coefficient (Wildman–Crippen LogP) is 2.26. The van der Waals surface area contributed by atoms with Crippen LogP contribution in [-0.4, -0.2) is 26.1 Å². The molecule has 0 fully saturated rings. The molecule has 0 aliphatic carbocycles. The summed E-state index contributed by atoms with van der Waals surface area (Å²) in [5, 5.41) is 20.6. The van der Waals surface area contributed by atoms with Crippen LogP contribution in [0, 0.1) is 0 Å². The minimum atomic E-state index is -1.05. The Labute approximate surface area is 115 Å². The third-order valence-corrected chi connectivity index (χ3v) is 2.87. The Hall–Kier alpha value is -2.08. The van der Waals surface area contributed by atoms with Crippen molar-refractivity contribution in [2.75, 3.05) is 5.32 Å². The van der Waals surface area contributed by atoms with E-state index in [1.807, 2.05) is 6.92 Å². The number of anilines is 1. The van der Waals surface area contributed by atoms with Gasteiger partial charge in [0, 0.05) is 5.69 Å². The molecule has 2 aromatic rings. The first-order valence-electron chi connectivity index (χ1n) is 5.76. The molecule has 2 N–H and O–H groups in total. The number of nitrogens with one attached hydrogen (secondary N) is 1. The second kappa shape index (κ2) is 5.71. The van der Waals surface area contributed by atoms with Crippen LogP contribution in [-0.2, 0) is 13.1 Å². The van der Waals surface area contributed by atoms with Crippen molar-refractivity contribution in [3.05, 3.63) is 40.7 Å². The maximum absolute atomic E-state index is 11.0. The van der Waals surface area contributed by atoms with E-state index in [0.717, 1.165) is 5.69 Å². The molecule has 100 valence electrons. The summed E-state index contributed by atoms with van der Waals surface area (Å²) < 4.78 is 0. The molecule has 1 aromatic heterocycles. The first kappa shape index (κ1) is 13.4. The zero-order valence-corrected chi connectivity index (χ0v) is 11.1. The van der Waals surface area contributed by atoms with Gasteiger partial charge in [-0.2, -0.15) is 15.0 Å². The maximum atomic E-state index is 11.0. The monoisotopic (exact) mass is 280 g/mol. The first-order chi connectivity index (χ1) is 9.10. The highest BCUT2D eigenvalue weighted by Gasteiger charge is 2.09. The Morgan fingerprint density at radius 3 is 2.95 bits per heavy atom. The van der Waals surface area contributed by atoms with Gasteiger partial charge in [-0.25, -0.2) is 4.79 Å². The highest BCUT2D eigenvalue weighted by Crippen LogP contribution is 2.20. The van der Waals surface area contributed by atoms with Crippen molar-refractivity contribution in [2.24, 2.45) is 0 Å². The van der Waals surface area contributed by atoms with Crippen LogP contribution in [0.2, 0.25) is 5.02 Å².